The molecule has 0 amide bonds. The van der Waals surface area contributed by atoms with Gasteiger partial charge in [0.25, 0.3) is 0 Å². The van der Waals surface area contributed by atoms with Crippen LogP contribution >= 0.6 is 0 Å². The molecule has 0 aliphatic carbocycles. The van der Waals surface area contributed by atoms with E-state index in [1.165, 1.54) is 10.6 Å². The lowest BCUT2D eigenvalue weighted by molar-refractivity contribution is 0.0690. The van der Waals surface area contributed by atoms with Gasteiger partial charge >= 0.3 is 5.97 Å². The van der Waals surface area contributed by atoms with E-state index >= 15 is 0 Å². The zero-order valence-corrected chi connectivity index (χ0v) is 13.2. The van der Waals surface area contributed by atoms with E-state index in [-0.39, 0.29) is 5.69 Å². The topological polar surface area (TPSA) is 102 Å². The van der Waals surface area contributed by atoms with E-state index in [1.54, 1.807) is 25.6 Å². The second-order valence-corrected chi connectivity index (χ2v) is 5.31. The molecule has 25 heavy (non-hydrogen) atoms. The van der Waals surface area contributed by atoms with E-state index in [0.29, 0.717) is 17.0 Å². The van der Waals surface area contributed by atoms with E-state index in [1.807, 2.05) is 24.3 Å². The lowest BCUT2D eigenvalue weighted by Gasteiger charge is -2.11. The molecular formula is C17H13N5O3. The molecule has 2 N–H and O–H groups in total. The van der Waals surface area contributed by atoms with Crippen molar-refractivity contribution in [2.75, 3.05) is 12.4 Å². The number of pyridine rings is 1. The fraction of sp³-hybridized carbons (Fsp3) is 0.0588. The lowest BCUT2D eigenvalue weighted by atomic mass is 10.2. The first-order valence-electron chi connectivity index (χ1n) is 7.43. The predicted octanol–water partition coefficient (Wildman–Crippen LogP) is 2.73. The highest BCUT2D eigenvalue weighted by molar-refractivity contribution is 5.94. The highest BCUT2D eigenvalue weighted by Crippen LogP contribution is 2.27. The first-order valence-corrected chi connectivity index (χ1v) is 7.43. The third kappa shape index (κ3) is 2.59. The smallest absolute Gasteiger partial charge is 0.356 e. The molecule has 0 saturated carbocycles. The second-order valence-electron chi connectivity index (χ2n) is 5.31. The number of carbonyl (C=O) groups is 1. The molecule has 3 aromatic heterocycles. The Balaban J connectivity index is 1.90. The van der Waals surface area contributed by atoms with Gasteiger partial charge in [0.1, 0.15) is 11.6 Å². The molecule has 4 aromatic rings. The molecule has 0 radical (unpaired) electrons. The summed E-state index contributed by atoms with van der Waals surface area (Å²) in [6, 6.07) is 10.7. The zero-order chi connectivity index (χ0) is 17.4. The van der Waals surface area contributed by atoms with Gasteiger partial charge in [0, 0.05) is 29.4 Å². The van der Waals surface area contributed by atoms with Crippen LogP contribution in [-0.2, 0) is 0 Å². The largest absolute Gasteiger partial charge is 0.497 e. The van der Waals surface area contributed by atoms with Gasteiger partial charge in [0.05, 0.1) is 18.8 Å². The summed E-state index contributed by atoms with van der Waals surface area (Å²) in [4.78, 5) is 19.8. The number of aromatic carboxylic acids is 1. The molecule has 0 spiro atoms. The number of ether oxygens (including phenoxy) is 1. The highest BCUT2D eigenvalue weighted by Gasteiger charge is 2.15. The number of hydrogen-bond acceptors (Lipinski definition) is 6. The Hall–Kier alpha value is -3.68. The minimum absolute atomic E-state index is 0.0730. The minimum Gasteiger partial charge on any atom is -0.497 e. The van der Waals surface area contributed by atoms with Crippen molar-refractivity contribution in [2.24, 2.45) is 0 Å². The van der Waals surface area contributed by atoms with Crippen molar-refractivity contribution in [3.05, 3.63) is 54.5 Å². The zero-order valence-electron chi connectivity index (χ0n) is 13.2. The van der Waals surface area contributed by atoms with Gasteiger partial charge in [-0.3, -0.25) is 4.98 Å². The van der Waals surface area contributed by atoms with Gasteiger partial charge in [0.2, 0.25) is 0 Å². The number of carboxylic acid groups (broad SMARTS) is 1. The maximum Gasteiger partial charge on any atom is 0.356 e. The molecule has 8 heteroatoms. The molecule has 4 rings (SSSR count). The normalized spacial score (nSPS) is 10.9. The number of aromatic nitrogens is 4. The van der Waals surface area contributed by atoms with Crippen molar-refractivity contribution >= 4 is 34.0 Å². The molecule has 8 nitrogen and oxygen atoms in total. The molecule has 0 aliphatic rings. The fourth-order valence-electron chi connectivity index (χ4n) is 2.60. The lowest BCUT2D eigenvalue weighted by Crippen LogP contribution is -2.01. The van der Waals surface area contributed by atoms with Crippen molar-refractivity contribution in [2.45, 2.75) is 0 Å². The quantitative estimate of drug-likeness (QED) is 0.591. The third-order valence-electron chi connectivity index (χ3n) is 3.75. The number of rotatable bonds is 4. The van der Waals surface area contributed by atoms with E-state index in [4.69, 9.17) is 4.74 Å². The predicted molar refractivity (Wildman–Crippen MR) is 91.5 cm³/mol. The van der Waals surface area contributed by atoms with E-state index in [9.17, 15) is 9.90 Å². The van der Waals surface area contributed by atoms with Crippen LogP contribution in [0.2, 0.25) is 0 Å². The highest BCUT2D eigenvalue weighted by atomic mass is 16.5. The van der Waals surface area contributed by atoms with Crippen molar-refractivity contribution in [3.8, 4) is 5.75 Å². The molecule has 3 heterocycles. The van der Waals surface area contributed by atoms with Gasteiger partial charge in [-0.2, -0.15) is 5.10 Å². The van der Waals surface area contributed by atoms with Crippen LogP contribution < -0.4 is 10.1 Å². The fourth-order valence-corrected chi connectivity index (χ4v) is 2.60. The van der Waals surface area contributed by atoms with Gasteiger partial charge in [-0.05, 0) is 18.2 Å². The molecule has 0 atom stereocenters. The number of carboxylic acids is 1. The number of anilines is 2. The number of nitrogens with zero attached hydrogens (tertiary/aromatic N) is 4. The molecular weight excluding hydrogens is 322 g/mol. The average molecular weight is 335 g/mol. The summed E-state index contributed by atoms with van der Waals surface area (Å²) in [6.07, 6.45) is 3.27. The Kier molecular flexibility index (Phi) is 3.42. The van der Waals surface area contributed by atoms with Crippen LogP contribution in [0.4, 0.5) is 11.5 Å². The van der Waals surface area contributed by atoms with Gasteiger partial charge in [-0.1, -0.05) is 6.07 Å². The van der Waals surface area contributed by atoms with Gasteiger partial charge in [0.15, 0.2) is 11.3 Å². The van der Waals surface area contributed by atoms with Crippen molar-refractivity contribution in [1.29, 1.82) is 0 Å². The van der Waals surface area contributed by atoms with Gasteiger partial charge in [-0.25, -0.2) is 14.3 Å². The summed E-state index contributed by atoms with van der Waals surface area (Å²) in [5.41, 5.74) is 1.80. The Morgan fingerprint density at radius 1 is 1.28 bits per heavy atom. The molecule has 0 aliphatic heterocycles. The number of hydrogen-bond donors (Lipinski definition) is 2. The number of methoxy groups -OCH3 is 1. The standard InChI is InChI=1S/C17H13N5O3/c1-25-11-4-2-3-10(7-11)19-16-12-5-6-18-9-14(12)22-15(20-16)8-13(21-22)17(23)24/h2-9H,1H3,(H,19,20)(H,23,24). The summed E-state index contributed by atoms with van der Waals surface area (Å²) >= 11 is 0. The van der Waals surface area contributed by atoms with Gasteiger partial charge in [-0.15, -0.1) is 0 Å². The first-order chi connectivity index (χ1) is 12.2. The van der Waals surface area contributed by atoms with Crippen LogP contribution in [0.1, 0.15) is 10.5 Å². The Bertz CT molecular complexity index is 1110. The van der Waals surface area contributed by atoms with Crippen LogP contribution in [0, 0.1) is 0 Å². The summed E-state index contributed by atoms with van der Waals surface area (Å²) in [6.45, 7) is 0. The monoisotopic (exact) mass is 335 g/mol. The summed E-state index contributed by atoms with van der Waals surface area (Å²) in [5.74, 6) is 0.189. The average Bonchev–Trinajstić information content (AvgIpc) is 3.07. The number of nitrogens with one attached hydrogen (secondary N) is 1. The first kappa shape index (κ1) is 14.9. The summed E-state index contributed by atoms with van der Waals surface area (Å²) in [5, 5.41) is 17.3. The SMILES string of the molecule is COc1cccc(Nc2nc3cc(C(=O)O)nn3c3cnccc23)c1. The Labute approximate surface area is 141 Å². The number of benzene rings is 1. The van der Waals surface area contributed by atoms with Crippen molar-refractivity contribution < 1.29 is 14.6 Å². The van der Waals surface area contributed by atoms with Gasteiger partial charge < -0.3 is 15.2 Å². The van der Waals surface area contributed by atoms with Crippen LogP contribution in [0.25, 0.3) is 16.6 Å². The van der Waals surface area contributed by atoms with Crippen molar-refractivity contribution in [1.82, 2.24) is 19.6 Å². The van der Waals surface area contributed by atoms with Crippen LogP contribution in [0.5, 0.6) is 5.75 Å². The summed E-state index contributed by atoms with van der Waals surface area (Å²) < 4.78 is 6.70. The maximum atomic E-state index is 11.2. The summed E-state index contributed by atoms with van der Waals surface area (Å²) in [7, 11) is 1.60. The van der Waals surface area contributed by atoms with E-state index in [0.717, 1.165) is 16.8 Å². The molecule has 124 valence electrons. The molecule has 0 saturated heterocycles. The van der Waals surface area contributed by atoms with Crippen LogP contribution in [0.15, 0.2) is 48.8 Å². The Morgan fingerprint density at radius 3 is 2.96 bits per heavy atom. The second kappa shape index (κ2) is 5.75. The van der Waals surface area contributed by atoms with Crippen molar-refractivity contribution in [3.63, 3.8) is 0 Å². The third-order valence-corrected chi connectivity index (χ3v) is 3.75. The number of fused-ring (bicyclic) bond motifs is 3. The van der Waals surface area contributed by atoms with Crippen LogP contribution in [0.3, 0.4) is 0 Å². The van der Waals surface area contributed by atoms with E-state index < -0.39 is 5.97 Å². The molecule has 1 aromatic carbocycles. The van der Waals surface area contributed by atoms with Crippen LogP contribution in [-0.4, -0.2) is 37.8 Å². The van der Waals surface area contributed by atoms with E-state index in [2.05, 4.69) is 20.4 Å². The molecule has 0 unspecified atom stereocenters. The molecule has 0 bridgehead atoms. The minimum atomic E-state index is -1.11. The maximum absolute atomic E-state index is 11.2. The Morgan fingerprint density at radius 2 is 2.16 bits per heavy atom. The molecule has 0 fully saturated rings.